The van der Waals surface area contributed by atoms with E-state index in [4.69, 9.17) is 11.6 Å². The van der Waals surface area contributed by atoms with Gasteiger partial charge in [-0.2, -0.15) is 0 Å². The number of nitrogens with zero attached hydrogens (tertiary/aromatic N) is 1. The van der Waals surface area contributed by atoms with Crippen LogP contribution < -0.4 is 5.32 Å². The molecule has 1 saturated heterocycles. The zero-order chi connectivity index (χ0) is 14.4. The second kappa shape index (κ2) is 7.65. The zero-order valence-electron chi connectivity index (χ0n) is 12.1. The first-order valence-corrected chi connectivity index (χ1v) is 7.86. The number of hydrogen-bond acceptors (Lipinski definition) is 2. The van der Waals surface area contributed by atoms with Crippen molar-refractivity contribution < 1.29 is 4.79 Å². The van der Waals surface area contributed by atoms with Crippen LogP contribution >= 0.6 is 11.6 Å². The number of carbonyl (C=O) groups excluding carboxylic acids is 1. The van der Waals surface area contributed by atoms with E-state index in [1.807, 2.05) is 17.0 Å². The topological polar surface area (TPSA) is 32.3 Å². The van der Waals surface area contributed by atoms with Crippen LogP contribution in [0.2, 0.25) is 5.02 Å². The minimum atomic E-state index is 0.115. The highest BCUT2D eigenvalue weighted by molar-refractivity contribution is 6.30. The number of carbonyl (C=O) groups is 1. The second-order valence-corrected chi connectivity index (χ2v) is 5.84. The van der Waals surface area contributed by atoms with Crippen molar-refractivity contribution in [3.63, 3.8) is 0 Å². The fourth-order valence-corrected chi connectivity index (χ4v) is 2.70. The van der Waals surface area contributed by atoms with Gasteiger partial charge in [0.15, 0.2) is 0 Å². The van der Waals surface area contributed by atoms with Crippen LogP contribution in [0.25, 0.3) is 0 Å². The fourth-order valence-electron chi connectivity index (χ4n) is 2.58. The molecular weight excluding hydrogens is 272 g/mol. The van der Waals surface area contributed by atoms with E-state index < -0.39 is 0 Å². The van der Waals surface area contributed by atoms with E-state index in [1.165, 1.54) is 6.42 Å². The third-order valence-corrected chi connectivity index (χ3v) is 4.02. The van der Waals surface area contributed by atoms with Crippen molar-refractivity contribution >= 4 is 17.5 Å². The maximum absolute atomic E-state index is 12.6. The minimum absolute atomic E-state index is 0.115. The van der Waals surface area contributed by atoms with Crippen molar-refractivity contribution in [1.82, 2.24) is 10.2 Å². The van der Waals surface area contributed by atoms with Crippen molar-refractivity contribution in [2.75, 3.05) is 19.6 Å². The summed E-state index contributed by atoms with van der Waals surface area (Å²) in [5.74, 6) is 0.115. The molecule has 0 bridgehead atoms. The Kier molecular flexibility index (Phi) is 5.86. The summed E-state index contributed by atoms with van der Waals surface area (Å²) >= 11 is 5.88. The van der Waals surface area contributed by atoms with Crippen LogP contribution in [-0.2, 0) is 0 Å². The Morgan fingerprint density at radius 1 is 1.40 bits per heavy atom. The molecule has 0 aliphatic carbocycles. The van der Waals surface area contributed by atoms with Gasteiger partial charge in [0.25, 0.3) is 5.91 Å². The van der Waals surface area contributed by atoms with Gasteiger partial charge in [-0.05, 0) is 50.1 Å². The molecule has 4 heteroatoms. The van der Waals surface area contributed by atoms with E-state index >= 15 is 0 Å². The van der Waals surface area contributed by atoms with E-state index in [0.29, 0.717) is 11.1 Å². The van der Waals surface area contributed by atoms with Gasteiger partial charge < -0.3 is 10.2 Å². The number of nitrogens with one attached hydrogen (secondary N) is 1. The third-order valence-electron chi connectivity index (χ3n) is 3.76. The predicted molar refractivity (Wildman–Crippen MR) is 83.3 cm³/mol. The van der Waals surface area contributed by atoms with Gasteiger partial charge in [-0.25, -0.2) is 0 Å². The van der Waals surface area contributed by atoms with Gasteiger partial charge in [-0.3, -0.25) is 4.79 Å². The van der Waals surface area contributed by atoms with Gasteiger partial charge in [-0.15, -0.1) is 0 Å². The van der Waals surface area contributed by atoms with Crippen molar-refractivity contribution in [2.24, 2.45) is 0 Å². The van der Waals surface area contributed by atoms with Crippen LogP contribution in [0, 0.1) is 0 Å². The standard InChI is InChI=1S/C16H23ClN2O/c1-2-3-11-19(12-15-5-4-10-18-15)16(20)13-6-8-14(17)9-7-13/h6-9,15,18H,2-5,10-12H2,1H3. The maximum Gasteiger partial charge on any atom is 0.253 e. The molecule has 1 aliphatic rings. The lowest BCUT2D eigenvalue weighted by atomic mass is 10.1. The third kappa shape index (κ3) is 4.22. The van der Waals surface area contributed by atoms with Crippen LogP contribution in [0.5, 0.6) is 0 Å². The normalized spacial score (nSPS) is 18.2. The van der Waals surface area contributed by atoms with Gasteiger partial charge in [-0.1, -0.05) is 24.9 Å². The molecule has 3 nitrogen and oxygen atoms in total. The summed E-state index contributed by atoms with van der Waals surface area (Å²) in [5, 5.41) is 4.13. The smallest absolute Gasteiger partial charge is 0.253 e. The second-order valence-electron chi connectivity index (χ2n) is 5.40. The molecule has 0 aromatic heterocycles. The highest BCUT2D eigenvalue weighted by Gasteiger charge is 2.21. The molecule has 1 unspecified atom stereocenters. The Morgan fingerprint density at radius 3 is 2.75 bits per heavy atom. The molecule has 1 fully saturated rings. The van der Waals surface area contributed by atoms with Gasteiger partial charge >= 0.3 is 0 Å². The zero-order valence-corrected chi connectivity index (χ0v) is 12.8. The lowest BCUT2D eigenvalue weighted by molar-refractivity contribution is 0.0739. The van der Waals surface area contributed by atoms with Gasteiger partial charge in [0, 0.05) is 29.7 Å². The maximum atomic E-state index is 12.6. The van der Waals surface area contributed by atoms with Crippen molar-refractivity contribution in [1.29, 1.82) is 0 Å². The van der Waals surface area contributed by atoms with Crippen molar-refractivity contribution in [3.05, 3.63) is 34.9 Å². The van der Waals surface area contributed by atoms with Crippen LogP contribution in [-0.4, -0.2) is 36.5 Å². The molecule has 2 rings (SSSR count). The number of hydrogen-bond donors (Lipinski definition) is 1. The predicted octanol–water partition coefficient (Wildman–Crippen LogP) is 3.33. The number of amides is 1. The van der Waals surface area contributed by atoms with Crippen LogP contribution in [0.4, 0.5) is 0 Å². The molecule has 1 N–H and O–H groups in total. The first kappa shape index (κ1) is 15.3. The SMILES string of the molecule is CCCCN(CC1CCCN1)C(=O)c1ccc(Cl)cc1. The quantitative estimate of drug-likeness (QED) is 0.873. The molecule has 1 heterocycles. The summed E-state index contributed by atoms with van der Waals surface area (Å²) in [6.07, 6.45) is 4.52. The first-order chi connectivity index (χ1) is 9.70. The highest BCUT2D eigenvalue weighted by Crippen LogP contribution is 2.14. The number of halogens is 1. The summed E-state index contributed by atoms with van der Waals surface area (Å²) in [6.45, 7) is 4.86. The molecule has 0 radical (unpaired) electrons. The van der Waals surface area contributed by atoms with E-state index in [1.54, 1.807) is 12.1 Å². The average molecular weight is 295 g/mol. The summed E-state index contributed by atoms with van der Waals surface area (Å²) in [6, 6.07) is 7.63. The van der Waals surface area contributed by atoms with E-state index in [2.05, 4.69) is 12.2 Å². The largest absolute Gasteiger partial charge is 0.337 e. The lowest BCUT2D eigenvalue weighted by Crippen LogP contribution is -2.41. The highest BCUT2D eigenvalue weighted by atomic mass is 35.5. The van der Waals surface area contributed by atoms with Crippen LogP contribution in [0.15, 0.2) is 24.3 Å². The van der Waals surface area contributed by atoms with Gasteiger partial charge in [0.2, 0.25) is 0 Å². The van der Waals surface area contributed by atoms with Crippen molar-refractivity contribution in [3.8, 4) is 0 Å². The Hall–Kier alpha value is -1.06. The number of benzene rings is 1. The molecule has 1 aliphatic heterocycles. The van der Waals surface area contributed by atoms with Crippen LogP contribution in [0.1, 0.15) is 43.0 Å². The van der Waals surface area contributed by atoms with Gasteiger partial charge in [0.05, 0.1) is 0 Å². The first-order valence-electron chi connectivity index (χ1n) is 7.49. The molecule has 1 amide bonds. The Balaban J connectivity index is 2.03. The number of rotatable bonds is 6. The van der Waals surface area contributed by atoms with E-state index in [0.717, 1.165) is 44.5 Å². The van der Waals surface area contributed by atoms with Crippen molar-refractivity contribution in [2.45, 2.75) is 38.6 Å². The van der Waals surface area contributed by atoms with E-state index in [-0.39, 0.29) is 5.91 Å². The summed E-state index contributed by atoms with van der Waals surface area (Å²) in [5.41, 5.74) is 0.725. The molecule has 1 aromatic rings. The molecule has 0 spiro atoms. The molecular formula is C16H23ClN2O. The molecule has 110 valence electrons. The van der Waals surface area contributed by atoms with Gasteiger partial charge in [0.1, 0.15) is 0 Å². The monoisotopic (exact) mass is 294 g/mol. The minimum Gasteiger partial charge on any atom is -0.337 e. The number of unbranched alkanes of at least 4 members (excludes halogenated alkanes) is 1. The van der Waals surface area contributed by atoms with E-state index in [9.17, 15) is 4.79 Å². The fraction of sp³-hybridized carbons (Fsp3) is 0.562. The average Bonchev–Trinajstić information content (AvgIpc) is 2.96. The summed E-state index contributed by atoms with van der Waals surface area (Å²) in [4.78, 5) is 14.6. The molecule has 1 aromatic carbocycles. The Morgan fingerprint density at radius 2 is 2.15 bits per heavy atom. The summed E-state index contributed by atoms with van der Waals surface area (Å²) in [7, 11) is 0. The lowest BCUT2D eigenvalue weighted by Gasteiger charge is -2.26. The Bertz CT molecular complexity index is 427. The Labute approximate surface area is 126 Å². The molecule has 1 atom stereocenters. The summed E-state index contributed by atoms with van der Waals surface area (Å²) < 4.78 is 0. The molecule has 0 saturated carbocycles. The molecule has 20 heavy (non-hydrogen) atoms. The van der Waals surface area contributed by atoms with Crippen LogP contribution in [0.3, 0.4) is 0 Å².